The molecule has 0 heterocycles. The molecule has 3 rings (SSSR count). The second kappa shape index (κ2) is 18.8. The van der Waals surface area contributed by atoms with E-state index in [1.165, 1.54) is 51.4 Å². The quantitative estimate of drug-likeness (QED) is 0.0660. The van der Waals surface area contributed by atoms with Gasteiger partial charge in [-0.05, 0) is 55.2 Å². The van der Waals surface area contributed by atoms with E-state index >= 15 is 0 Å². The summed E-state index contributed by atoms with van der Waals surface area (Å²) in [6.07, 6.45) is 19.1. The first-order valence-corrected chi connectivity index (χ1v) is 15.2. The molecule has 0 radical (unpaired) electrons. The summed E-state index contributed by atoms with van der Waals surface area (Å²) in [6.45, 7) is 2.44. The number of carbonyl (C=O) groups excluding carboxylic acids is 2. The normalized spacial score (nSPS) is 11.1. The van der Waals surface area contributed by atoms with E-state index in [-0.39, 0.29) is 18.8 Å². The van der Waals surface area contributed by atoms with E-state index in [4.69, 9.17) is 4.74 Å². The highest BCUT2D eigenvalue weighted by Gasteiger charge is 2.22. The van der Waals surface area contributed by atoms with Crippen LogP contribution in [0.3, 0.4) is 0 Å². The lowest BCUT2D eigenvalue weighted by Crippen LogP contribution is -2.16. The summed E-state index contributed by atoms with van der Waals surface area (Å²) in [4.78, 5) is 26.7. The van der Waals surface area contributed by atoms with E-state index in [1.54, 1.807) is 6.07 Å². The first-order valence-electron chi connectivity index (χ1n) is 15.2. The van der Waals surface area contributed by atoms with Crippen molar-refractivity contribution >= 4 is 11.8 Å². The number of unbranched alkanes of at least 4 members (excludes halogenated alkanes) is 9. The molecular weight excluding hydrogens is 492 g/mol. The van der Waals surface area contributed by atoms with Crippen molar-refractivity contribution in [3.8, 4) is 0 Å². The number of ketones is 1. The summed E-state index contributed by atoms with van der Waals surface area (Å²) in [5.74, 6) is -0.476. The SMILES string of the molecule is CCCCCC/C=C\CCCCCCCc1cccc(C(=O)Cc2ccccc2)c1C(=O)OCc1ccccc1. The second-order valence-corrected chi connectivity index (χ2v) is 10.6. The van der Waals surface area contributed by atoms with Gasteiger partial charge in [-0.25, -0.2) is 4.79 Å². The largest absolute Gasteiger partial charge is 0.457 e. The zero-order chi connectivity index (χ0) is 28.3. The van der Waals surface area contributed by atoms with Crippen LogP contribution in [-0.4, -0.2) is 11.8 Å². The lowest BCUT2D eigenvalue weighted by molar-refractivity contribution is 0.0468. The molecule has 0 amide bonds. The van der Waals surface area contributed by atoms with Crippen molar-refractivity contribution in [2.45, 2.75) is 97.0 Å². The molecule has 0 aliphatic heterocycles. The van der Waals surface area contributed by atoms with Gasteiger partial charge in [-0.15, -0.1) is 0 Å². The predicted octanol–water partition coefficient (Wildman–Crippen LogP) is 9.88. The van der Waals surface area contributed by atoms with Gasteiger partial charge in [0.2, 0.25) is 0 Å². The van der Waals surface area contributed by atoms with Crippen molar-refractivity contribution < 1.29 is 14.3 Å². The number of aryl methyl sites for hydroxylation is 1. The second-order valence-electron chi connectivity index (χ2n) is 10.6. The zero-order valence-corrected chi connectivity index (χ0v) is 24.3. The molecule has 0 spiro atoms. The van der Waals surface area contributed by atoms with Crippen molar-refractivity contribution in [3.05, 3.63) is 119 Å². The van der Waals surface area contributed by atoms with Gasteiger partial charge in [0.15, 0.2) is 5.78 Å². The minimum Gasteiger partial charge on any atom is -0.457 e. The fourth-order valence-corrected chi connectivity index (χ4v) is 4.99. The molecule has 3 aromatic rings. The Morgan fingerprint density at radius 1 is 0.650 bits per heavy atom. The van der Waals surface area contributed by atoms with Gasteiger partial charge in [-0.2, -0.15) is 0 Å². The Morgan fingerprint density at radius 2 is 1.25 bits per heavy atom. The molecule has 0 atom stereocenters. The van der Waals surface area contributed by atoms with Crippen molar-refractivity contribution in [2.75, 3.05) is 0 Å². The third kappa shape index (κ3) is 11.3. The van der Waals surface area contributed by atoms with Gasteiger partial charge < -0.3 is 4.74 Å². The average molecular weight is 539 g/mol. The highest BCUT2D eigenvalue weighted by Crippen LogP contribution is 2.22. The molecule has 3 aromatic carbocycles. The van der Waals surface area contributed by atoms with Crippen molar-refractivity contribution in [3.63, 3.8) is 0 Å². The molecule has 212 valence electrons. The number of Topliss-reactive ketones (excluding diaryl/α,β-unsaturated/α-hetero) is 1. The lowest BCUT2D eigenvalue weighted by Gasteiger charge is -2.14. The molecular formula is C37H46O3. The third-order valence-corrected chi connectivity index (χ3v) is 7.28. The zero-order valence-electron chi connectivity index (χ0n) is 24.3. The number of carbonyl (C=O) groups is 2. The molecule has 0 unspecified atom stereocenters. The van der Waals surface area contributed by atoms with Crippen molar-refractivity contribution in [2.24, 2.45) is 0 Å². The van der Waals surface area contributed by atoms with Gasteiger partial charge in [-0.3, -0.25) is 4.79 Å². The Labute approximate surface area is 241 Å². The summed E-state index contributed by atoms with van der Waals surface area (Å²) in [5.41, 5.74) is 3.66. The molecule has 40 heavy (non-hydrogen) atoms. The maximum atomic E-state index is 13.4. The number of rotatable bonds is 19. The number of benzene rings is 3. The van der Waals surface area contributed by atoms with Crippen LogP contribution in [0, 0.1) is 0 Å². The summed E-state index contributed by atoms with van der Waals surface area (Å²) in [5, 5.41) is 0. The number of esters is 1. The Balaban J connectivity index is 1.55. The number of hydrogen-bond acceptors (Lipinski definition) is 3. The number of hydrogen-bond donors (Lipinski definition) is 0. The number of ether oxygens (including phenoxy) is 1. The van der Waals surface area contributed by atoms with Crippen LogP contribution in [0.25, 0.3) is 0 Å². The molecule has 0 aromatic heterocycles. The van der Waals surface area contributed by atoms with Gasteiger partial charge >= 0.3 is 5.97 Å². The first kappa shape index (κ1) is 31.1. The summed E-state index contributed by atoms with van der Waals surface area (Å²) >= 11 is 0. The standard InChI is InChI=1S/C37H46O3/c1-2-3-4-5-6-7-8-9-10-11-12-13-20-26-33-27-21-28-34(35(38)29-31-22-16-14-17-23-31)36(33)37(39)40-30-32-24-18-15-19-25-32/h7-8,14-19,21-25,27-28H,2-6,9-13,20,26,29-30H2,1H3/b8-7-. The van der Waals surface area contributed by atoms with E-state index in [1.807, 2.05) is 72.8 Å². The summed E-state index contributed by atoms with van der Waals surface area (Å²) in [7, 11) is 0. The Morgan fingerprint density at radius 3 is 1.93 bits per heavy atom. The molecule has 0 aliphatic rings. The fourth-order valence-electron chi connectivity index (χ4n) is 4.99. The summed E-state index contributed by atoms with van der Waals surface area (Å²) < 4.78 is 5.72. The van der Waals surface area contributed by atoms with E-state index in [0.29, 0.717) is 11.1 Å². The van der Waals surface area contributed by atoms with Crippen LogP contribution < -0.4 is 0 Å². The minimum absolute atomic E-state index is 0.0573. The van der Waals surface area contributed by atoms with Crippen LogP contribution in [0.15, 0.2) is 91.0 Å². The van der Waals surface area contributed by atoms with Gasteiger partial charge in [0.05, 0.1) is 5.56 Å². The topological polar surface area (TPSA) is 43.4 Å². The maximum absolute atomic E-state index is 13.4. The highest BCUT2D eigenvalue weighted by atomic mass is 16.5. The van der Waals surface area contributed by atoms with Crippen LogP contribution in [0.5, 0.6) is 0 Å². The predicted molar refractivity (Wildman–Crippen MR) is 166 cm³/mol. The Bertz CT molecular complexity index is 1160. The maximum Gasteiger partial charge on any atom is 0.339 e. The molecule has 0 aliphatic carbocycles. The van der Waals surface area contributed by atoms with Crippen molar-refractivity contribution in [1.82, 2.24) is 0 Å². The lowest BCUT2D eigenvalue weighted by atomic mass is 9.92. The highest BCUT2D eigenvalue weighted by molar-refractivity contribution is 6.07. The van der Waals surface area contributed by atoms with Crippen LogP contribution in [0.1, 0.15) is 115 Å². The minimum atomic E-state index is -0.419. The van der Waals surface area contributed by atoms with Gasteiger partial charge in [-0.1, -0.05) is 136 Å². The third-order valence-electron chi connectivity index (χ3n) is 7.28. The molecule has 3 heteroatoms. The van der Waals surface area contributed by atoms with E-state index < -0.39 is 5.97 Å². The molecule has 0 saturated heterocycles. The van der Waals surface area contributed by atoms with Crippen LogP contribution in [0.2, 0.25) is 0 Å². The summed E-state index contributed by atoms with van der Waals surface area (Å²) in [6, 6.07) is 25.0. The molecule has 0 saturated carbocycles. The monoisotopic (exact) mass is 538 g/mol. The van der Waals surface area contributed by atoms with E-state index in [9.17, 15) is 9.59 Å². The van der Waals surface area contributed by atoms with Crippen molar-refractivity contribution in [1.29, 1.82) is 0 Å². The van der Waals surface area contributed by atoms with Crippen LogP contribution >= 0.6 is 0 Å². The molecule has 0 N–H and O–H groups in total. The van der Waals surface area contributed by atoms with E-state index in [2.05, 4.69) is 19.1 Å². The molecule has 0 fully saturated rings. The van der Waals surface area contributed by atoms with E-state index in [0.717, 1.165) is 42.4 Å². The number of allylic oxidation sites excluding steroid dienone is 2. The van der Waals surface area contributed by atoms with Gasteiger partial charge in [0, 0.05) is 12.0 Å². The van der Waals surface area contributed by atoms with Crippen LogP contribution in [-0.2, 0) is 24.2 Å². The molecule has 3 nitrogen and oxygen atoms in total. The fraction of sp³-hybridized carbons (Fsp3) is 0.405. The average Bonchev–Trinajstić information content (AvgIpc) is 2.99. The van der Waals surface area contributed by atoms with Crippen LogP contribution in [0.4, 0.5) is 0 Å². The first-order chi connectivity index (χ1) is 19.7. The van der Waals surface area contributed by atoms with Gasteiger partial charge in [0.25, 0.3) is 0 Å². The van der Waals surface area contributed by atoms with Gasteiger partial charge in [0.1, 0.15) is 6.61 Å². The Kier molecular flexibility index (Phi) is 14.6. The Hall–Kier alpha value is -3.46. The molecule has 0 bridgehead atoms. The smallest absolute Gasteiger partial charge is 0.339 e.